The van der Waals surface area contributed by atoms with Crippen LogP contribution in [0, 0.1) is 0 Å². The Hall–Kier alpha value is -1.13. The molecule has 0 radical (unpaired) electrons. The molecule has 25 heavy (non-hydrogen) atoms. The predicted octanol–water partition coefficient (Wildman–Crippen LogP) is 3.58. The molecule has 0 unspecified atom stereocenters. The second-order valence-corrected chi connectivity index (χ2v) is 9.38. The van der Waals surface area contributed by atoms with E-state index in [1.807, 2.05) is 12.1 Å². The summed E-state index contributed by atoms with van der Waals surface area (Å²) < 4.78 is 23.4. The molecule has 1 aromatic heterocycles. The molecule has 0 fully saturated rings. The van der Waals surface area contributed by atoms with Gasteiger partial charge in [0.15, 0.2) is 15.8 Å². The molecule has 0 amide bonds. The third-order valence-electron chi connectivity index (χ3n) is 4.07. The summed E-state index contributed by atoms with van der Waals surface area (Å²) in [6.45, 7) is 0.369. The van der Waals surface area contributed by atoms with Crippen molar-refractivity contribution in [2.75, 3.05) is 11.6 Å². The third kappa shape index (κ3) is 5.18. The molecule has 0 saturated heterocycles. The van der Waals surface area contributed by atoms with E-state index in [4.69, 9.17) is 5.73 Å². The molecule has 1 aliphatic rings. The lowest BCUT2D eigenvalue weighted by Crippen LogP contribution is -2.24. The van der Waals surface area contributed by atoms with Gasteiger partial charge in [-0.3, -0.25) is 0 Å². The highest BCUT2D eigenvalue weighted by molar-refractivity contribution is 14.0. The van der Waals surface area contributed by atoms with Gasteiger partial charge in [0.1, 0.15) is 4.21 Å². The highest BCUT2D eigenvalue weighted by Gasteiger charge is 2.13. The number of aryl methyl sites for hydroxylation is 1. The normalized spacial score (nSPS) is 14.5. The summed E-state index contributed by atoms with van der Waals surface area (Å²) in [4.78, 5) is 5.20. The first-order valence-corrected chi connectivity index (χ1v) is 10.6. The number of guanidine groups is 1. The van der Waals surface area contributed by atoms with Crippen molar-refractivity contribution in [3.63, 3.8) is 0 Å². The van der Waals surface area contributed by atoms with Crippen LogP contribution in [0.5, 0.6) is 0 Å². The van der Waals surface area contributed by atoms with Crippen LogP contribution in [0.15, 0.2) is 39.5 Å². The lowest BCUT2D eigenvalue weighted by Gasteiger charge is -2.19. The quantitative estimate of drug-likeness (QED) is 0.389. The van der Waals surface area contributed by atoms with Gasteiger partial charge in [-0.25, -0.2) is 13.4 Å². The maximum Gasteiger partial charge on any atom is 0.193 e. The molecule has 3 N–H and O–H groups in total. The van der Waals surface area contributed by atoms with Gasteiger partial charge >= 0.3 is 0 Å². The third-order valence-corrected chi connectivity index (χ3v) is 6.96. The van der Waals surface area contributed by atoms with E-state index in [2.05, 4.69) is 16.4 Å². The van der Waals surface area contributed by atoms with Crippen molar-refractivity contribution >= 4 is 56.8 Å². The number of benzene rings is 1. The summed E-state index contributed by atoms with van der Waals surface area (Å²) in [5.41, 5.74) is 9.74. The molecule has 0 atom stereocenters. The average Bonchev–Trinajstić information content (AvgIpc) is 3.03. The molecule has 0 aliphatic heterocycles. The fourth-order valence-electron chi connectivity index (χ4n) is 2.88. The van der Waals surface area contributed by atoms with Crippen molar-refractivity contribution < 1.29 is 8.42 Å². The van der Waals surface area contributed by atoms with Crippen LogP contribution in [0.3, 0.4) is 0 Å². The molecule has 8 heteroatoms. The van der Waals surface area contributed by atoms with Crippen LogP contribution in [0.2, 0.25) is 0 Å². The van der Waals surface area contributed by atoms with E-state index < -0.39 is 9.84 Å². The minimum absolute atomic E-state index is 0. The molecule has 0 saturated carbocycles. The summed E-state index contributed by atoms with van der Waals surface area (Å²) in [5.74, 6) is 0.350. The number of halogens is 1. The topological polar surface area (TPSA) is 84.5 Å². The number of fused-ring (bicyclic) bond motifs is 1. The summed E-state index contributed by atoms with van der Waals surface area (Å²) in [6, 6.07) is 9.63. The molecule has 1 aliphatic carbocycles. The first-order chi connectivity index (χ1) is 11.4. The lowest BCUT2D eigenvalue weighted by molar-refractivity contribution is 0.604. The molecule has 0 bridgehead atoms. The number of hydrogen-bond donors (Lipinski definition) is 2. The van der Waals surface area contributed by atoms with Crippen LogP contribution in [0.4, 0.5) is 5.69 Å². The van der Waals surface area contributed by atoms with Crippen molar-refractivity contribution in [3.8, 4) is 0 Å². The Labute approximate surface area is 169 Å². The molecule has 1 heterocycles. The number of thiophene rings is 1. The highest BCUT2D eigenvalue weighted by atomic mass is 127. The minimum Gasteiger partial charge on any atom is -0.370 e. The SMILES string of the molecule is CS(=O)(=O)c1ccc(CN=C(N)Nc2cccc3c2CCCC3)s1.I. The Balaban J connectivity index is 0.00000225. The van der Waals surface area contributed by atoms with Crippen LogP contribution >= 0.6 is 35.3 Å². The standard InChI is InChI=1S/C17H21N3O2S2.HI/c1-24(21,22)16-10-9-13(23-16)11-19-17(18)20-15-8-4-6-12-5-2-3-7-14(12)15;/h4,6,8-10H,2-3,5,7,11H2,1H3,(H3,18,19,20);1H. The number of nitrogens with two attached hydrogens (primary N) is 1. The molecular formula is C17H22IN3O2S2. The van der Waals surface area contributed by atoms with Crippen molar-refractivity contribution in [3.05, 3.63) is 46.3 Å². The number of rotatable bonds is 4. The summed E-state index contributed by atoms with van der Waals surface area (Å²) in [5, 5.41) is 3.19. The van der Waals surface area contributed by atoms with E-state index in [1.165, 1.54) is 41.6 Å². The van der Waals surface area contributed by atoms with E-state index in [1.54, 1.807) is 12.1 Å². The van der Waals surface area contributed by atoms with Crippen LogP contribution in [0.25, 0.3) is 0 Å². The second-order valence-electron chi connectivity index (χ2n) is 5.97. The number of anilines is 1. The van der Waals surface area contributed by atoms with Gasteiger partial charge in [0.25, 0.3) is 0 Å². The monoisotopic (exact) mass is 491 g/mol. The van der Waals surface area contributed by atoms with E-state index in [0.717, 1.165) is 23.4 Å². The Kier molecular flexibility index (Phi) is 6.86. The summed E-state index contributed by atoms with van der Waals surface area (Å²) >= 11 is 1.23. The van der Waals surface area contributed by atoms with E-state index in [-0.39, 0.29) is 24.0 Å². The Morgan fingerprint density at radius 2 is 2.00 bits per heavy atom. The zero-order valence-electron chi connectivity index (χ0n) is 14.0. The van der Waals surface area contributed by atoms with Gasteiger partial charge < -0.3 is 11.1 Å². The number of nitrogens with one attached hydrogen (secondary N) is 1. The van der Waals surface area contributed by atoms with Crippen LogP contribution in [0.1, 0.15) is 28.8 Å². The molecular weight excluding hydrogens is 469 g/mol. The maximum absolute atomic E-state index is 11.5. The zero-order valence-corrected chi connectivity index (χ0v) is 18.0. The van der Waals surface area contributed by atoms with E-state index >= 15 is 0 Å². The summed E-state index contributed by atoms with van der Waals surface area (Å²) in [6.07, 6.45) is 5.83. The van der Waals surface area contributed by atoms with Crippen LogP contribution in [-0.4, -0.2) is 20.6 Å². The van der Waals surface area contributed by atoms with Gasteiger partial charge in [-0.2, -0.15) is 0 Å². The van der Waals surface area contributed by atoms with Crippen molar-refractivity contribution in [1.82, 2.24) is 0 Å². The Morgan fingerprint density at radius 3 is 2.72 bits per heavy atom. The van der Waals surface area contributed by atoms with Crippen LogP contribution in [-0.2, 0) is 29.2 Å². The van der Waals surface area contributed by atoms with Gasteiger partial charge in [-0.1, -0.05) is 12.1 Å². The van der Waals surface area contributed by atoms with Crippen molar-refractivity contribution in [2.24, 2.45) is 10.7 Å². The van der Waals surface area contributed by atoms with E-state index in [0.29, 0.717) is 16.7 Å². The van der Waals surface area contributed by atoms with Gasteiger partial charge in [-0.05, 0) is 55.0 Å². The highest BCUT2D eigenvalue weighted by Crippen LogP contribution is 2.27. The van der Waals surface area contributed by atoms with Crippen LogP contribution < -0.4 is 11.1 Å². The van der Waals surface area contributed by atoms with Crippen molar-refractivity contribution in [2.45, 2.75) is 36.4 Å². The van der Waals surface area contributed by atoms with Gasteiger partial charge in [-0.15, -0.1) is 35.3 Å². The number of nitrogens with zero attached hydrogens (tertiary/aromatic N) is 1. The van der Waals surface area contributed by atoms with Crippen molar-refractivity contribution in [1.29, 1.82) is 0 Å². The van der Waals surface area contributed by atoms with Gasteiger partial charge in [0.05, 0.1) is 6.54 Å². The second kappa shape index (κ2) is 8.50. The largest absolute Gasteiger partial charge is 0.370 e. The van der Waals surface area contributed by atoms with Gasteiger partial charge in [0, 0.05) is 16.8 Å². The Bertz CT molecular complexity index is 876. The first kappa shape index (κ1) is 20.2. The minimum atomic E-state index is -3.16. The fourth-order valence-corrected chi connectivity index (χ4v) is 4.78. The van der Waals surface area contributed by atoms with Gasteiger partial charge in [0.2, 0.25) is 0 Å². The molecule has 5 nitrogen and oxygen atoms in total. The summed E-state index contributed by atoms with van der Waals surface area (Å²) in [7, 11) is -3.16. The molecule has 136 valence electrons. The maximum atomic E-state index is 11.5. The molecule has 0 spiro atoms. The number of aliphatic imine (C=N–C) groups is 1. The predicted molar refractivity (Wildman–Crippen MR) is 115 cm³/mol. The Morgan fingerprint density at radius 1 is 1.24 bits per heavy atom. The fraction of sp³-hybridized carbons (Fsp3) is 0.353. The molecule has 2 aromatic rings. The molecule has 3 rings (SSSR count). The smallest absolute Gasteiger partial charge is 0.193 e. The zero-order chi connectivity index (χ0) is 17.2. The number of hydrogen-bond acceptors (Lipinski definition) is 4. The van der Waals surface area contributed by atoms with E-state index in [9.17, 15) is 8.42 Å². The average molecular weight is 491 g/mol. The number of sulfone groups is 1. The molecule has 1 aromatic carbocycles. The first-order valence-electron chi connectivity index (χ1n) is 7.90. The lowest BCUT2D eigenvalue weighted by atomic mass is 9.90.